The van der Waals surface area contributed by atoms with Gasteiger partial charge in [-0.15, -0.1) is 0 Å². The summed E-state index contributed by atoms with van der Waals surface area (Å²) in [6, 6.07) is 5.53. The summed E-state index contributed by atoms with van der Waals surface area (Å²) in [5.41, 5.74) is 10.5. The number of amides is 2. The minimum atomic E-state index is -0.596. The van der Waals surface area contributed by atoms with Gasteiger partial charge < -0.3 is 21.6 Å². The fourth-order valence-corrected chi connectivity index (χ4v) is 1.47. The van der Waals surface area contributed by atoms with Gasteiger partial charge in [0.15, 0.2) is 6.61 Å². The van der Waals surface area contributed by atoms with Crippen LogP contribution in [0.5, 0.6) is 0 Å². The molecule has 2 amide bonds. The zero-order valence-corrected chi connectivity index (χ0v) is 13.3. The van der Waals surface area contributed by atoms with E-state index in [1.807, 2.05) is 6.92 Å². The average molecular weight is 326 g/mol. The molecule has 5 N–H and O–H groups in total. The fourth-order valence-electron chi connectivity index (χ4n) is 1.47. The summed E-state index contributed by atoms with van der Waals surface area (Å²) in [7, 11) is 1.74. The van der Waals surface area contributed by atoms with Crippen molar-refractivity contribution in [3.8, 4) is 0 Å². The Balaban J connectivity index is 0.000000468. The van der Waals surface area contributed by atoms with Gasteiger partial charge in [0, 0.05) is 0 Å². The quantitative estimate of drug-likeness (QED) is 0.476. The molecule has 7 nitrogen and oxygen atoms in total. The van der Waals surface area contributed by atoms with Gasteiger partial charge in [0.1, 0.15) is 5.82 Å². The predicted octanol–water partition coefficient (Wildman–Crippen LogP) is 0.521. The van der Waals surface area contributed by atoms with Crippen LogP contribution in [-0.2, 0) is 14.4 Å². The van der Waals surface area contributed by atoms with E-state index in [-0.39, 0.29) is 24.4 Å². The normalized spacial score (nSPS) is 11.4. The molecule has 1 atom stereocenters. The number of hydrogen-bond donors (Lipinski definition) is 3. The van der Waals surface area contributed by atoms with Gasteiger partial charge in [-0.2, -0.15) is 0 Å². The van der Waals surface area contributed by atoms with Gasteiger partial charge in [-0.3, -0.25) is 9.59 Å². The summed E-state index contributed by atoms with van der Waals surface area (Å²) >= 11 is 0. The van der Waals surface area contributed by atoms with Crippen molar-refractivity contribution in [1.82, 2.24) is 5.32 Å². The molecule has 0 spiro atoms. The Kier molecular flexibility index (Phi) is 10.8. The molecule has 1 unspecified atom stereocenters. The molecule has 0 fully saturated rings. The molecule has 0 bridgehead atoms. The first-order chi connectivity index (χ1) is 10.9. The summed E-state index contributed by atoms with van der Waals surface area (Å²) in [4.78, 5) is 25.2. The van der Waals surface area contributed by atoms with Crippen molar-refractivity contribution in [3.63, 3.8) is 0 Å². The van der Waals surface area contributed by atoms with E-state index in [2.05, 4.69) is 15.3 Å². The van der Waals surface area contributed by atoms with Gasteiger partial charge in [0.25, 0.3) is 5.91 Å². The van der Waals surface area contributed by atoms with Crippen LogP contribution in [-0.4, -0.2) is 37.7 Å². The van der Waals surface area contributed by atoms with Gasteiger partial charge in [-0.25, -0.2) is 4.39 Å². The number of carbonyl (C=O) groups is 2. The standard InChI is InChI=1S/C9H9FN2O2.C6H14N2O/c10-8-3-1-7(2-4-8)5-12-14-6-9(11)13;1-3-4-5(8-2)6(7)9/h1-5H,6H2,(H2,11,13);5,8H,3-4H2,1-2H3,(H2,7,9). The molecular weight excluding hydrogens is 303 g/mol. The summed E-state index contributed by atoms with van der Waals surface area (Å²) < 4.78 is 12.4. The highest BCUT2D eigenvalue weighted by atomic mass is 19.1. The van der Waals surface area contributed by atoms with Crippen LogP contribution in [0.1, 0.15) is 25.3 Å². The lowest BCUT2D eigenvalue weighted by Crippen LogP contribution is -2.38. The SMILES string of the molecule is CCCC(NC)C(N)=O.NC(=O)CON=Cc1ccc(F)cc1. The van der Waals surface area contributed by atoms with Crippen molar-refractivity contribution in [2.24, 2.45) is 16.6 Å². The number of hydrogen-bond acceptors (Lipinski definition) is 5. The number of nitrogens with zero attached hydrogens (tertiary/aromatic N) is 1. The lowest BCUT2D eigenvalue weighted by molar-refractivity contribution is -0.122. The number of primary amides is 2. The Bertz CT molecular complexity index is 506. The summed E-state index contributed by atoms with van der Waals surface area (Å²) in [6.07, 6.45) is 3.17. The highest BCUT2D eigenvalue weighted by molar-refractivity contribution is 5.80. The Morgan fingerprint density at radius 2 is 1.96 bits per heavy atom. The van der Waals surface area contributed by atoms with Crippen LogP contribution in [0.15, 0.2) is 29.4 Å². The van der Waals surface area contributed by atoms with Gasteiger partial charge in [-0.1, -0.05) is 30.6 Å². The highest BCUT2D eigenvalue weighted by Gasteiger charge is 2.09. The van der Waals surface area contributed by atoms with E-state index in [1.54, 1.807) is 7.05 Å². The fraction of sp³-hybridized carbons (Fsp3) is 0.400. The van der Waals surface area contributed by atoms with Crippen LogP contribution in [0.25, 0.3) is 0 Å². The van der Waals surface area contributed by atoms with Crippen molar-refractivity contribution in [2.45, 2.75) is 25.8 Å². The van der Waals surface area contributed by atoms with Crippen LogP contribution in [0, 0.1) is 5.82 Å². The van der Waals surface area contributed by atoms with Crippen molar-refractivity contribution in [1.29, 1.82) is 0 Å². The monoisotopic (exact) mass is 326 g/mol. The van der Waals surface area contributed by atoms with E-state index >= 15 is 0 Å². The molecule has 0 aromatic heterocycles. The lowest BCUT2D eigenvalue weighted by atomic mass is 10.1. The molecule has 0 aliphatic carbocycles. The van der Waals surface area contributed by atoms with Gasteiger partial charge in [0.05, 0.1) is 12.3 Å². The zero-order chi connectivity index (χ0) is 17.7. The Labute approximate surface area is 134 Å². The predicted molar refractivity (Wildman–Crippen MR) is 86.1 cm³/mol. The van der Waals surface area contributed by atoms with E-state index in [9.17, 15) is 14.0 Å². The maximum absolute atomic E-state index is 12.4. The molecule has 1 aromatic rings. The van der Waals surface area contributed by atoms with Gasteiger partial charge in [-0.05, 0) is 31.2 Å². The third kappa shape index (κ3) is 10.8. The molecule has 0 saturated carbocycles. The molecule has 1 aromatic carbocycles. The van der Waals surface area contributed by atoms with E-state index in [4.69, 9.17) is 11.5 Å². The first-order valence-electron chi connectivity index (χ1n) is 7.06. The van der Waals surface area contributed by atoms with Crippen LogP contribution in [0.2, 0.25) is 0 Å². The van der Waals surface area contributed by atoms with E-state index in [0.29, 0.717) is 5.56 Å². The number of oxime groups is 1. The highest BCUT2D eigenvalue weighted by Crippen LogP contribution is 1.99. The Morgan fingerprint density at radius 1 is 1.35 bits per heavy atom. The third-order valence-corrected chi connectivity index (χ3v) is 2.62. The average Bonchev–Trinajstić information content (AvgIpc) is 2.51. The molecule has 0 saturated heterocycles. The van der Waals surface area contributed by atoms with E-state index < -0.39 is 5.91 Å². The van der Waals surface area contributed by atoms with Crippen molar-refractivity contribution < 1.29 is 18.8 Å². The van der Waals surface area contributed by atoms with Crippen LogP contribution < -0.4 is 16.8 Å². The topological polar surface area (TPSA) is 120 Å². The minimum absolute atomic E-state index is 0.144. The number of benzene rings is 1. The largest absolute Gasteiger partial charge is 0.386 e. The molecule has 0 aliphatic rings. The van der Waals surface area contributed by atoms with Gasteiger partial charge >= 0.3 is 0 Å². The van der Waals surface area contributed by atoms with Crippen LogP contribution >= 0.6 is 0 Å². The number of nitrogens with one attached hydrogen (secondary N) is 1. The minimum Gasteiger partial charge on any atom is -0.386 e. The lowest BCUT2D eigenvalue weighted by Gasteiger charge is -2.08. The smallest absolute Gasteiger partial charge is 0.258 e. The second-order valence-corrected chi connectivity index (χ2v) is 4.56. The van der Waals surface area contributed by atoms with E-state index in [0.717, 1.165) is 12.8 Å². The first-order valence-corrected chi connectivity index (χ1v) is 7.06. The number of rotatable bonds is 8. The number of halogens is 1. The molecule has 8 heteroatoms. The number of nitrogens with two attached hydrogens (primary N) is 2. The Hall–Kier alpha value is -2.48. The van der Waals surface area contributed by atoms with Crippen molar-refractivity contribution >= 4 is 18.0 Å². The molecule has 0 aliphatic heterocycles. The molecule has 1 rings (SSSR count). The van der Waals surface area contributed by atoms with Crippen LogP contribution in [0.4, 0.5) is 4.39 Å². The van der Waals surface area contributed by atoms with E-state index in [1.165, 1.54) is 30.5 Å². The second kappa shape index (κ2) is 12.1. The second-order valence-electron chi connectivity index (χ2n) is 4.56. The molecule has 23 heavy (non-hydrogen) atoms. The molecular formula is C15H23FN4O3. The molecule has 0 radical (unpaired) electrons. The summed E-state index contributed by atoms with van der Waals surface area (Å²) in [6.45, 7) is 1.75. The molecule has 128 valence electrons. The Morgan fingerprint density at radius 3 is 2.35 bits per heavy atom. The maximum Gasteiger partial charge on any atom is 0.258 e. The maximum atomic E-state index is 12.4. The summed E-state index contributed by atoms with van der Waals surface area (Å²) in [5.74, 6) is -1.18. The third-order valence-electron chi connectivity index (χ3n) is 2.62. The number of carbonyl (C=O) groups excluding carboxylic acids is 2. The van der Waals surface area contributed by atoms with Crippen LogP contribution in [0.3, 0.4) is 0 Å². The molecule has 0 heterocycles. The number of likely N-dealkylation sites (N-methyl/N-ethyl adjacent to an activating group) is 1. The van der Waals surface area contributed by atoms with Gasteiger partial charge in [0.2, 0.25) is 5.91 Å². The summed E-state index contributed by atoms with van der Waals surface area (Å²) in [5, 5.41) is 6.29. The van der Waals surface area contributed by atoms with Crippen molar-refractivity contribution in [3.05, 3.63) is 35.6 Å². The first kappa shape index (κ1) is 20.5. The van der Waals surface area contributed by atoms with Crippen molar-refractivity contribution in [2.75, 3.05) is 13.7 Å². The zero-order valence-electron chi connectivity index (χ0n) is 13.3.